The molecule has 0 fully saturated rings. The molecule has 0 saturated carbocycles. The first kappa shape index (κ1) is 15.5. The van der Waals surface area contributed by atoms with Crippen molar-refractivity contribution in [3.63, 3.8) is 0 Å². The number of carbonyl (C=O) groups is 1. The fourth-order valence-electron chi connectivity index (χ4n) is 2.34. The lowest BCUT2D eigenvalue weighted by Crippen LogP contribution is -2.24. The number of benzene rings is 2. The summed E-state index contributed by atoms with van der Waals surface area (Å²) >= 11 is 0. The van der Waals surface area contributed by atoms with Crippen LogP contribution >= 0.6 is 0 Å². The first-order valence-electron chi connectivity index (χ1n) is 7.39. The Hall–Kier alpha value is -3.35. The van der Waals surface area contributed by atoms with Crippen molar-refractivity contribution in [2.45, 2.75) is 13.0 Å². The molecule has 7 heteroatoms. The van der Waals surface area contributed by atoms with E-state index in [0.717, 1.165) is 16.6 Å². The minimum Gasteiger partial charge on any atom is -0.508 e. The van der Waals surface area contributed by atoms with Gasteiger partial charge in [0.15, 0.2) is 0 Å². The Labute approximate surface area is 138 Å². The largest absolute Gasteiger partial charge is 0.508 e. The summed E-state index contributed by atoms with van der Waals surface area (Å²) in [5, 5.41) is 19.5. The second-order valence-electron chi connectivity index (χ2n) is 5.45. The fourth-order valence-corrected chi connectivity index (χ4v) is 2.34. The molecule has 0 unspecified atom stereocenters. The minimum atomic E-state index is -0.158. The molecule has 1 heterocycles. The van der Waals surface area contributed by atoms with Crippen LogP contribution in [-0.4, -0.2) is 26.8 Å². The molecule has 0 atom stereocenters. The molecule has 7 nitrogen and oxygen atoms in total. The first-order valence-corrected chi connectivity index (χ1v) is 7.39. The summed E-state index contributed by atoms with van der Waals surface area (Å²) in [6, 6.07) is 11.9. The monoisotopic (exact) mass is 323 g/mol. The van der Waals surface area contributed by atoms with Crippen molar-refractivity contribution in [2.24, 2.45) is 5.73 Å². The number of aromatic hydroxyl groups is 1. The van der Waals surface area contributed by atoms with Gasteiger partial charge in [0.1, 0.15) is 17.4 Å². The average Bonchev–Trinajstić information content (AvgIpc) is 2.95. The fraction of sp³-hybridized carbons (Fsp3) is 0.118. The van der Waals surface area contributed by atoms with Gasteiger partial charge >= 0.3 is 0 Å². The van der Waals surface area contributed by atoms with Crippen molar-refractivity contribution >= 4 is 22.8 Å². The van der Waals surface area contributed by atoms with E-state index >= 15 is 0 Å². The third-order valence-corrected chi connectivity index (χ3v) is 3.60. The van der Waals surface area contributed by atoms with Gasteiger partial charge < -0.3 is 21.1 Å². The highest BCUT2D eigenvalue weighted by Gasteiger charge is 2.09. The van der Waals surface area contributed by atoms with E-state index in [4.69, 9.17) is 11.1 Å². The number of H-pyrrole nitrogens is 1. The van der Waals surface area contributed by atoms with Crippen molar-refractivity contribution in [1.82, 2.24) is 15.3 Å². The van der Waals surface area contributed by atoms with E-state index in [-0.39, 0.29) is 23.9 Å². The zero-order chi connectivity index (χ0) is 17.1. The molecule has 1 aromatic heterocycles. The zero-order valence-corrected chi connectivity index (χ0v) is 12.8. The van der Waals surface area contributed by atoms with Crippen LogP contribution in [0.3, 0.4) is 0 Å². The summed E-state index contributed by atoms with van der Waals surface area (Å²) in [6.45, 7) is 0.383. The lowest BCUT2D eigenvalue weighted by Gasteiger charge is -2.04. The predicted molar refractivity (Wildman–Crippen MR) is 90.8 cm³/mol. The lowest BCUT2D eigenvalue weighted by atomic mass is 10.2. The Balaban J connectivity index is 1.64. The van der Waals surface area contributed by atoms with Crippen molar-refractivity contribution in [3.8, 4) is 5.75 Å². The topological polar surface area (TPSA) is 128 Å². The highest BCUT2D eigenvalue weighted by Crippen LogP contribution is 2.14. The Kier molecular flexibility index (Phi) is 4.15. The van der Waals surface area contributed by atoms with E-state index in [2.05, 4.69) is 15.3 Å². The third kappa shape index (κ3) is 3.52. The van der Waals surface area contributed by atoms with E-state index in [1.807, 2.05) is 0 Å². The number of phenolic OH excluding ortho intramolecular Hbond substituents is 1. The SMILES string of the molecule is N=C(N)c1ccc2nc(CC(=O)NCc3ccc(O)cc3)[nH]c2c1. The van der Waals surface area contributed by atoms with Gasteiger partial charge in [-0.25, -0.2) is 4.98 Å². The summed E-state index contributed by atoms with van der Waals surface area (Å²) in [5.74, 6) is 0.569. The molecule has 0 aliphatic rings. The minimum absolute atomic E-state index is 0.0142. The number of hydrogen-bond acceptors (Lipinski definition) is 4. The quantitative estimate of drug-likeness (QED) is 0.359. The molecule has 0 aliphatic carbocycles. The number of amidine groups is 1. The van der Waals surface area contributed by atoms with Crippen LogP contribution in [0.15, 0.2) is 42.5 Å². The Morgan fingerprint density at radius 1 is 1.25 bits per heavy atom. The van der Waals surface area contributed by atoms with E-state index in [9.17, 15) is 9.90 Å². The van der Waals surface area contributed by atoms with Crippen molar-refractivity contribution in [3.05, 3.63) is 59.4 Å². The van der Waals surface area contributed by atoms with Gasteiger partial charge in [0.05, 0.1) is 17.5 Å². The number of phenols is 1. The molecule has 0 bridgehead atoms. The van der Waals surface area contributed by atoms with Gasteiger partial charge in [0.25, 0.3) is 0 Å². The van der Waals surface area contributed by atoms with Crippen molar-refractivity contribution in [1.29, 1.82) is 5.41 Å². The number of imidazole rings is 1. The number of aromatic nitrogens is 2. The number of amides is 1. The van der Waals surface area contributed by atoms with Crippen LogP contribution in [0, 0.1) is 5.41 Å². The molecule has 3 aromatic rings. The number of nitrogens with one attached hydrogen (secondary N) is 3. The maximum Gasteiger partial charge on any atom is 0.227 e. The number of aromatic amines is 1. The molecular formula is C17H17N5O2. The second kappa shape index (κ2) is 6.41. The third-order valence-electron chi connectivity index (χ3n) is 3.60. The summed E-state index contributed by atoms with van der Waals surface area (Å²) in [4.78, 5) is 19.5. The molecule has 0 radical (unpaired) electrons. The van der Waals surface area contributed by atoms with Crippen molar-refractivity contribution < 1.29 is 9.90 Å². The maximum atomic E-state index is 12.0. The van der Waals surface area contributed by atoms with Gasteiger partial charge in [-0.2, -0.15) is 0 Å². The zero-order valence-electron chi connectivity index (χ0n) is 12.8. The number of hydrogen-bond donors (Lipinski definition) is 5. The van der Waals surface area contributed by atoms with Crippen LogP contribution in [-0.2, 0) is 17.8 Å². The first-order chi connectivity index (χ1) is 11.5. The Morgan fingerprint density at radius 3 is 2.71 bits per heavy atom. The molecule has 6 N–H and O–H groups in total. The predicted octanol–water partition coefficient (Wildman–Crippen LogP) is 1.41. The van der Waals surface area contributed by atoms with Crippen LogP contribution in [0.5, 0.6) is 5.75 Å². The number of nitrogens with zero attached hydrogens (tertiary/aromatic N) is 1. The summed E-state index contributed by atoms with van der Waals surface area (Å²) < 4.78 is 0. The highest BCUT2D eigenvalue weighted by atomic mass is 16.3. The highest BCUT2D eigenvalue weighted by molar-refractivity contribution is 5.98. The standard InChI is InChI=1S/C17H17N5O2/c18-17(19)11-3-6-13-14(7-11)22-15(21-13)8-16(24)20-9-10-1-4-12(23)5-2-10/h1-7,23H,8-9H2,(H3,18,19)(H,20,24)(H,21,22). The van der Waals surface area contributed by atoms with Gasteiger partial charge in [-0.3, -0.25) is 10.2 Å². The summed E-state index contributed by atoms with van der Waals surface area (Å²) in [5.41, 5.74) is 8.43. The van der Waals surface area contributed by atoms with Crippen LogP contribution in [0.25, 0.3) is 11.0 Å². The molecule has 24 heavy (non-hydrogen) atoms. The Morgan fingerprint density at radius 2 is 2.00 bits per heavy atom. The van der Waals surface area contributed by atoms with Gasteiger partial charge in [0.2, 0.25) is 5.91 Å². The van der Waals surface area contributed by atoms with Crippen molar-refractivity contribution in [2.75, 3.05) is 0 Å². The van der Waals surface area contributed by atoms with E-state index in [1.165, 1.54) is 0 Å². The molecule has 3 rings (SSSR count). The second-order valence-corrected chi connectivity index (χ2v) is 5.45. The van der Waals surface area contributed by atoms with Crippen LogP contribution in [0.1, 0.15) is 17.0 Å². The maximum absolute atomic E-state index is 12.0. The molecule has 1 amide bonds. The number of nitrogens with two attached hydrogens (primary N) is 1. The smallest absolute Gasteiger partial charge is 0.227 e. The van der Waals surface area contributed by atoms with Crippen LogP contribution in [0.2, 0.25) is 0 Å². The van der Waals surface area contributed by atoms with Gasteiger partial charge in [-0.1, -0.05) is 12.1 Å². The molecule has 0 aliphatic heterocycles. The number of rotatable bonds is 5. The Bertz CT molecular complexity index is 899. The van der Waals surface area contributed by atoms with Gasteiger partial charge in [0, 0.05) is 12.1 Å². The summed E-state index contributed by atoms with van der Waals surface area (Å²) in [7, 11) is 0. The van der Waals surface area contributed by atoms with Gasteiger partial charge in [-0.15, -0.1) is 0 Å². The lowest BCUT2D eigenvalue weighted by molar-refractivity contribution is -0.120. The van der Waals surface area contributed by atoms with Crippen LogP contribution < -0.4 is 11.1 Å². The normalized spacial score (nSPS) is 10.7. The number of carbonyl (C=O) groups excluding carboxylic acids is 1. The molecule has 2 aromatic carbocycles. The molecule has 0 spiro atoms. The average molecular weight is 323 g/mol. The van der Waals surface area contributed by atoms with E-state index in [0.29, 0.717) is 17.9 Å². The molecule has 0 saturated heterocycles. The van der Waals surface area contributed by atoms with Crippen LogP contribution in [0.4, 0.5) is 0 Å². The summed E-state index contributed by atoms with van der Waals surface area (Å²) in [6.07, 6.45) is 0.127. The number of fused-ring (bicyclic) bond motifs is 1. The molecule has 122 valence electrons. The van der Waals surface area contributed by atoms with E-state index < -0.39 is 0 Å². The van der Waals surface area contributed by atoms with E-state index in [1.54, 1.807) is 42.5 Å². The number of nitrogen functional groups attached to an aromatic ring is 1. The molecular weight excluding hydrogens is 306 g/mol. The van der Waals surface area contributed by atoms with Gasteiger partial charge in [-0.05, 0) is 35.9 Å².